The van der Waals surface area contributed by atoms with E-state index in [2.05, 4.69) is 0 Å². The number of benzene rings is 1. The van der Waals surface area contributed by atoms with Crippen LogP contribution >= 0.6 is 0 Å². The standard InChI is InChI=1S/C12H12O2/c1-7-9-5-3-4-6-10(9)8(2)11(7)12(13)14/h3-6,11H,1-2H3,(H,13,14). The fourth-order valence-electron chi connectivity index (χ4n) is 2.18. The third-order valence-corrected chi connectivity index (χ3v) is 2.89. The van der Waals surface area contributed by atoms with E-state index in [4.69, 9.17) is 5.11 Å². The van der Waals surface area contributed by atoms with Crippen LogP contribution in [0.25, 0.3) is 11.1 Å². The first kappa shape index (κ1) is 9.00. The number of carboxylic acid groups (broad SMARTS) is 1. The van der Waals surface area contributed by atoms with Crippen molar-refractivity contribution in [2.45, 2.75) is 13.8 Å². The number of aliphatic carboxylic acids is 1. The lowest BCUT2D eigenvalue weighted by Crippen LogP contribution is -2.22. The Labute approximate surface area is 82.2 Å². The minimum absolute atomic E-state index is 0.424. The molecule has 0 heterocycles. The van der Waals surface area contributed by atoms with Gasteiger partial charge in [0.1, 0.15) is 0 Å². The van der Waals surface area contributed by atoms with Crippen LogP contribution in [0.2, 0.25) is 0 Å². The third kappa shape index (κ3) is 1.07. The van der Waals surface area contributed by atoms with Crippen LogP contribution in [0.1, 0.15) is 13.8 Å². The van der Waals surface area contributed by atoms with Crippen LogP contribution in [-0.2, 0) is 4.79 Å². The van der Waals surface area contributed by atoms with Crippen molar-refractivity contribution >= 4 is 17.1 Å². The van der Waals surface area contributed by atoms with Gasteiger partial charge in [0.25, 0.3) is 0 Å². The molecule has 1 aliphatic carbocycles. The van der Waals surface area contributed by atoms with Crippen LogP contribution in [0.15, 0.2) is 24.3 Å². The summed E-state index contributed by atoms with van der Waals surface area (Å²) in [5.74, 6) is -1.18. The Bertz CT molecular complexity index is 470. The Hall–Kier alpha value is -1.57. The van der Waals surface area contributed by atoms with Gasteiger partial charge in [-0.1, -0.05) is 24.3 Å². The molecule has 1 N–H and O–H groups in total. The molecule has 1 aliphatic rings. The zero-order chi connectivity index (χ0) is 10.3. The molecule has 0 spiro atoms. The Balaban J connectivity index is 2.83. The van der Waals surface area contributed by atoms with Crippen LogP contribution in [0.5, 0.6) is 0 Å². The highest BCUT2D eigenvalue weighted by Gasteiger charge is 2.26. The minimum Gasteiger partial charge on any atom is -0.481 e. The number of carboxylic acids is 1. The monoisotopic (exact) mass is 188 g/mol. The van der Waals surface area contributed by atoms with Gasteiger partial charge in [-0.25, -0.2) is 0 Å². The molecule has 1 aromatic rings. The van der Waals surface area contributed by atoms with E-state index in [1.54, 1.807) is 0 Å². The van der Waals surface area contributed by atoms with Gasteiger partial charge in [0.15, 0.2) is 0 Å². The van der Waals surface area contributed by atoms with Crippen molar-refractivity contribution in [3.63, 3.8) is 0 Å². The average molecular weight is 188 g/mol. The van der Waals surface area contributed by atoms with Crippen molar-refractivity contribution < 1.29 is 9.90 Å². The molecule has 0 saturated heterocycles. The number of fused-ring (bicyclic) bond motifs is 1. The van der Waals surface area contributed by atoms with Crippen molar-refractivity contribution in [3.8, 4) is 0 Å². The summed E-state index contributed by atoms with van der Waals surface area (Å²) in [7, 11) is 0. The summed E-state index contributed by atoms with van der Waals surface area (Å²) in [6, 6.07) is 7.86. The zero-order valence-corrected chi connectivity index (χ0v) is 8.24. The summed E-state index contributed by atoms with van der Waals surface area (Å²) < 4.78 is 0. The average Bonchev–Trinajstić information content (AvgIpc) is 2.41. The van der Waals surface area contributed by atoms with E-state index in [0.29, 0.717) is 0 Å². The topological polar surface area (TPSA) is 37.3 Å². The number of rotatable bonds is 1. The first-order valence-corrected chi connectivity index (χ1v) is 4.62. The molecule has 0 aliphatic heterocycles. The third-order valence-electron chi connectivity index (χ3n) is 2.89. The molecular weight excluding hydrogens is 176 g/mol. The molecule has 0 atom stereocenters. The summed E-state index contributed by atoms with van der Waals surface area (Å²) in [5.41, 5.74) is 1.90. The molecule has 14 heavy (non-hydrogen) atoms. The normalized spacial score (nSPS) is 15.9. The molecule has 1 aromatic carbocycles. The molecule has 72 valence electrons. The maximum Gasteiger partial charge on any atom is 0.314 e. The predicted octanol–water partition coefficient (Wildman–Crippen LogP) is 0.742. The molecule has 2 heteroatoms. The van der Waals surface area contributed by atoms with Crippen molar-refractivity contribution in [2.24, 2.45) is 5.92 Å². The lowest BCUT2D eigenvalue weighted by atomic mass is 9.97. The van der Waals surface area contributed by atoms with Crippen LogP contribution in [-0.4, -0.2) is 11.1 Å². The van der Waals surface area contributed by atoms with Crippen LogP contribution in [0.4, 0.5) is 0 Å². The van der Waals surface area contributed by atoms with E-state index in [-0.39, 0.29) is 0 Å². The van der Waals surface area contributed by atoms with Crippen LogP contribution < -0.4 is 10.4 Å². The highest BCUT2D eigenvalue weighted by atomic mass is 16.4. The summed E-state index contributed by atoms with van der Waals surface area (Å²) in [5, 5.41) is 11.2. The number of hydrogen-bond acceptors (Lipinski definition) is 1. The smallest absolute Gasteiger partial charge is 0.314 e. The molecule has 2 rings (SSSR count). The van der Waals surface area contributed by atoms with Gasteiger partial charge in [0.05, 0.1) is 5.92 Å². The molecule has 0 saturated carbocycles. The Morgan fingerprint density at radius 2 is 1.57 bits per heavy atom. The highest BCUT2D eigenvalue weighted by molar-refractivity contribution is 5.93. The zero-order valence-electron chi connectivity index (χ0n) is 8.24. The molecule has 0 radical (unpaired) electrons. The van der Waals surface area contributed by atoms with Crippen molar-refractivity contribution in [3.05, 3.63) is 34.7 Å². The Kier molecular flexibility index (Phi) is 1.92. The van der Waals surface area contributed by atoms with Crippen molar-refractivity contribution in [2.75, 3.05) is 0 Å². The molecule has 0 bridgehead atoms. The highest BCUT2D eigenvalue weighted by Crippen LogP contribution is 2.22. The van der Waals surface area contributed by atoms with Gasteiger partial charge in [-0.2, -0.15) is 0 Å². The first-order chi connectivity index (χ1) is 6.63. The van der Waals surface area contributed by atoms with E-state index >= 15 is 0 Å². The van der Waals surface area contributed by atoms with Gasteiger partial charge in [0.2, 0.25) is 0 Å². The van der Waals surface area contributed by atoms with Gasteiger partial charge < -0.3 is 5.11 Å². The SMILES string of the molecule is CC1=c2ccccc2=C(C)C1C(=O)O. The van der Waals surface area contributed by atoms with Crippen LogP contribution in [0.3, 0.4) is 0 Å². The molecule has 0 fully saturated rings. The second-order valence-electron chi connectivity index (χ2n) is 3.68. The molecule has 2 nitrogen and oxygen atoms in total. The molecule has 0 amide bonds. The van der Waals surface area contributed by atoms with Gasteiger partial charge in [-0.3, -0.25) is 4.79 Å². The summed E-state index contributed by atoms with van der Waals surface area (Å²) in [6.45, 7) is 3.79. The number of carbonyl (C=O) groups is 1. The fourth-order valence-corrected chi connectivity index (χ4v) is 2.18. The lowest BCUT2D eigenvalue weighted by molar-refractivity contribution is -0.138. The minimum atomic E-state index is -0.754. The van der Waals surface area contributed by atoms with Gasteiger partial charge >= 0.3 is 5.97 Å². The molecule has 0 aromatic heterocycles. The van der Waals surface area contributed by atoms with E-state index in [9.17, 15) is 4.79 Å². The van der Waals surface area contributed by atoms with E-state index < -0.39 is 11.9 Å². The van der Waals surface area contributed by atoms with E-state index in [1.807, 2.05) is 38.1 Å². The second kappa shape index (κ2) is 2.98. The lowest BCUT2D eigenvalue weighted by Gasteiger charge is -2.07. The van der Waals surface area contributed by atoms with E-state index in [1.165, 1.54) is 0 Å². The summed E-state index contributed by atoms with van der Waals surface area (Å²) in [6.07, 6.45) is 0. The van der Waals surface area contributed by atoms with Crippen molar-refractivity contribution in [1.82, 2.24) is 0 Å². The van der Waals surface area contributed by atoms with Gasteiger partial charge in [-0.15, -0.1) is 0 Å². The molecule has 0 unspecified atom stereocenters. The van der Waals surface area contributed by atoms with Crippen LogP contribution in [0, 0.1) is 5.92 Å². The summed E-state index contributed by atoms with van der Waals surface area (Å²) >= 11 is 0. The quantitative estimate of drug-likeness (QED) is 0.706. The largest absolute Gasteiger partial charge is 0.481 e. The fraction of sp³-hybridized carbons (Fsp3) is 0.250. The Morgan fingerprint density at radius 3 is 1.93 bits per heavy atom. The second-order valence-corrected chi connectivity index (χ2v) is 3.68. The first-order valence-electron chi connectivity index (χ1n) is 4.62. The molecular formula is C12H12O2. The summed E-state index contributed by atoms with van der Waals surface area (Å²) in [4.78, 5) is 11.0. The maximum atomic E-state index is 11.0. The van der Waals surface area contributed by atoms with Gasteiger partial charge in [0, 0.05) is 0 Å². The maximum absolute atomic E-state index is 11.0. The van der Waals surface area contributed by atoms with Crippen molar-refractivity contribution in [1.29, 1.82) is 0 Å². The van der Waals surface area contributed by atoms with Gasteiger partial charge in [-0.05, 0) is 35.4 Å². The number of hydrogen-bond donors (Lipinski definition) is 1. The predicted molar refractivity (Wildman–Crippen MR) is 55.0 cm³/mol. The Morgan fingerprint density at radius 1 is 1.14 bits per heavy atom. The van der Waals surface area contributed by atoms with E-state index in [0.717, 1.165) is 21.6 Å².